The van der Waals surface area contributed by atoms with Crippen LogP contribution in [-0.4, -0.2) is 58.5 Å². The zero-order valence-electron chi connectivity index (χ0n) is 16.9. The van der Waals surface area contributed by atoms with E-state index >= 15 is 0 Å². The van der Waals surface area contributed by atoms with Gasteiger partial charge in [0.15, 0.2) is 0 Å². The molecule has 28 heavy (non-hydrogen) atoms. The van der Waals surface area contributed by atoms with Gasteiger partial charge in [-0.25, -0.2) is 4.79 Å². The fourth-order valence-corrected chi connectivity index (χ4v) is 4.92. The van der Waals surface area contributed by atoms with Crippen molar-refractivity contribution in [3.8, 4) is 0 Å². The molecule has 1 unspecified atom stereocenters. The summed E-state index contributed by atoms with van der Waals surface area (Å²) in [5, 5.41) is 10.7. The summed E-state index contributed by atoms with van der Waals surface area (Å²) in [4.78, 5) is 19.9. The van der Waals surface area contributed by atoms with Crippen LogP contribution in [0.2, 0.25) is 0 Å². The molecule has 2 aromatic rings. The van der Waals surface area contributed by atoms with Gasteiger partial charge in [-0.2, -0.15) is 0 Å². The van der Waals surface area contributed by atoms with Gasteiger partial charge in [-0.05, 0) is 82.3 Å². The highest BCUT2D eigenvalue weighted by Crippen LogP contribution is 2.40. The predicted octanol–water partition coefficient (Wildman–Crippen LogP) is 1.70. The molecule has 2 saturated heterocycles. The zero-order valence-corrected chi connectivity index (χ0v) is 16.9. The molecule has 1 aromatic carbocycles. The number of aliphatic hydroxyl groups is 1. The van der Waals surface area contributed by atoms with Crippen molar-refractivity contribution in [3.63, 3.8) is 0 Å². The van der Waals surface area contributed by atoms with E-state index in [9.17, 15) is 9.90 Å². The first-order valence-corrected chi connectivity index (χ1v) is 10.7. The highest BCUT2D eigenvalue weighted by Gasteiger charge is 2.30. The summed E-state index contributed by atoms with van der Waals surface area (Å²) in [7, 11) is 1.82. The van der Waals surface area contributed by atoms with Gasteiger partial charge in [0.1, 0.15) is 6.23 Å². The maximum Gasteiger partial charge on any atom is 0.326 e. The second kappa shape index (κ2) is 8.27. The molecule has 4 rings (SSSR count). The van der Waals surface area contributed by atoms with Crippen molar-refractivity contribution >= 4 is 16.7 Å². The number of aliphatic hydroxyl groups excluding tert-OH is 1. The molecule has 2 aliphatic rings. The number of imidazole rings is 1. The van der Waals surface area contributed by atoms with Crippen molar-refractivity contribution in [2.45, 2.75) is 50.7 Å². The third kappa shape index (κ3) is 3.58. The molecule has 3 heterocycles. The minimum atomic E-state index is -0.479. The number of benzene rings is 1. The summed E-state index contributed by atoms with van der Waals surface area (Å²) in [6, 6.07) is 4.21. The smallest absolute Gasteiger partial charge is 0.326 e. The van der Waals surface area contributed by atoms with Crippen LogP contribution in [0.4, 0.5) is 5.69 Å². The summed E-state index contributed by atoms with van der Waals surface area (Å²) in [6.45, 7) is 4.82. The van der Waals surface area contributed by atoms with Crippen LogP contribution in [0.1, 0.15) is 50.0 Å². The lowest BCUT2D eigenvalue weighted by Gasteiger charge is -2.39. The highest BCUT2D eigenvalue weighted by molar-refractivity contribution is 5.91. The Morgan fingerprint density at radius 2 is 1.96 bits per heavy atom. The molecule has 1 aromatic heterocycles. The maximum absolute atomic E-state index is 12.3. The second-order valence-corrected chi connectivity index (χ2v) is 8.32. The monoisotopic (exact) mass is 387 g/mol. The van der Waals surface area contributed by atoms with E-state index in [1.165, 1.54) is 5.56 Å². The van der Waals surface area contributed by atoms with E-state index in [0.29, 0.717) is 5.92 Å². The molecule has 7 heteroatoms. The number of nitrogens with one attached hydrogen (secondary N) is 1. The van der Waals surface area contributed by atoms with Gasteiger partial charge in [0.05, 0.1) is 16.7 Å². The van der Waals surface area contributed by atoms with Gasteiger partial charge in [0.25, 0.3) is 0 Å². The summed E-state index contributed by atoms with van der Waals surface area (Å²) < 4.78 is 1.70. The number of hydrogen-bond acceptors (Lipinski definition) is 5. The van der Waals surface area contributed by atoms with Crippen molar-refractivity contribution in [2.75, 3.05) is 37.6 Å². The number of aryl methyl sites for hydroxylation is 1. The SMILES string of the molecule is Cn1c(=O)[nH]c2ccc(C3CCN(CCCN)CC3)c(N3CCCCC3O)c21. The molecule has 0 amide bonds. The number of piperidine rings is 2. The van der Waals surface area contributed by atoms with Crippen molar-refractivity contribution in [2.24, 2.45) is 12.8 Å². The fourth-order valence-electron chi connectivity index (χ4n) is 4.92. The lowest BCUT2D eigenvalue weighted by molar-refractivity contribution is 0.139. The zero-order chi connectivity index (χ0) is 19.7. The number of nitrogens with zero attached hydrogens (tertiary/aromatic N) is 3. The average Bonchev–Trinajstić information content (AvgIpc) is 3.01. The third-order valence-electron chi connectivity index (χ3n) is 6.53. The Kier molecular flexibility index (Phi) is 5.75. The predicted molar refractivity (Wildman–Crippen MR) is 113 cm³/mol. The molecule has 154 valence electrons. The molecule has 0 radical (unpaired) electrons. The molecule has 0 saturated carbocycles. The van der Waals surface area contributed by atoms with Crippen LogP contribution in [0.25, 0.3) is 11.0 Å². The minimum Gasteiger partial charge on any atom is -0.374 e. The van der Waals surface area contributed by atoms with Gasteiger partial charge in [-0.1, -0.05) is 6.07 Å². The van der Waals surface area contributed by atoms with Gasteiger partial charge in [-0.3, -0.25) is 4.57 Å². The molecule has 1 atom stereocenters. The molecular formula is C21H33N5O2. The van der Waals surface area contributed by atoms with E-state index in [0.717, 1.165) is 88.0 Å². The Hall–Kier alpha value is -1.83. The standard InChI is InChI=1S/C21H33N5O2/c1-24-20-17(23-21(24)28)7-6-16(19(20)26-12-3-2-5-18(26)27)15-8-13-25(14-9-15)11-4-10-22/h6-7,15,18,27H,2-5,8-14,22H2,1H3,(H,23,28). The normalized spacial score (nSPS) is 22.2. The van der Waals surface area contributed by atoms with E-state index in [1.54, 1.807) is 4.57 Å². The molecule has 2 fully saturated rings. The van der Waals surface area contributed by atoms with Gasteiger partial charge >= 0.3 is 5.69 Å². The van der Waals surface area contributed by atoms with Crippen LogP contribution < -0.4 is 16.3 Å². The largest absolute Gasteiger partial charge is 0.374 e. The number of fused-ring (bicyclic) bond motifs is 1. The van der Waals surface area contributed by atoms with Crippen molar-refractivity contribution in [1.29, 1.82) is 0 Å². The molecule has 4 N–H and O–H groups in total. The van der Waals surface area contributed by atoms with Crippen LogP contribution in [0.5, 0.6) is 0 Å². The number of aromatic nitrogens is 2. The summed E-state index contributed by atoms with van der Waals surface area (Å²) in [5.74, 6) is 0.452. The molecular weight excluding hydrogens is 354 g/mol. The summed E-state index contributed by atoms with van der Waals surface area (Å²) >= 11 is 0. The Balaban J connectivity index is 1.71. The first-order valence-electron chi connectivity index (χ1n) is 10.7. The summed E-state index contributed by atoms with van der Waals surface area (Å²) in [5.41, 5.74) is 9.68. The van der Waals surface area contributed by atoms with E-state index in [1.807, 2.05) is 13.1 Å². The van der Waals surface area contributed by atoms with E-state index < -0.39 is 6.23 Å². The first-order chi connectivity index (χ1) is 13.6. The van der Waals surface area contributed by atoms with Crippen LogP contribution in [0, 0.1) is 0 Å². The van der Waals surface area contributed by atoms with Gasteiger partial charge in [0, 0.05) is 13.6 Å². The van der Waals surface area contributed by atoms with Crippen molar-refractivity contribution in [3.05, 3.63) is 28.2 Å². The quantitative estimate of drug-likeness (QED) is 0.727. The van der Waals surface area contributed by atoms with Crippen molar-refractivity contribution < 1.29 is 5.11 Å². The Morgan fingerprint density at radius 3 is 2.68 bits per heavy atom. The third-order valence-corrected chi connectivity index (χ3v) is 6.53. The number of hydrogen-bond donors (Lipinski definition) is 3. The Bertz CT molecular complexity index is 866. The molecule has 0 aliphatic carbocycles. The molecule has 0 bridgehead atoms. The van der Waals surface area contributed by atoms with Crippen molar-refractivity contribution in [1.82, 2.24) is 14.5 Å². The number of likely N-dealkylation sites (tertiary alicyclic amines) is 1. The average molecular weight is 388 g/mol. The minimum absolute atomic E-state index is 0.100. The number of aromatic amines is 1. The van der Waals surface area contributed by atoms with Crippen LogP contribution in [0.15, 0.2) is 16.9 Å². The lowest BCUT2D eigenvalue weighted by atomic mass is 9.87. The van der Waals surface area contributed by atoms with E-state index in [4.69, 9.17) is 5.73 Å². The maximum atomic E-state index is 12.3. The molecule has 0 spiro atoms. The summed E-state index contributed by atoms with van der Waals surface area (Å²) in [6.07, 6.45) is 5.68. The number of rotatable bonds is 5. The van der Waals surface area contributed by atoms with E-state index in [-0.39, 0.29) is 5.69 Å². The van der Waals surface area contributed by atoms with Gasteiger partial charge < -0.3 is 25.6 Å². The van der Waals surface area contributed by atoms with Crippen LogP contribution >= 0.6 is 0 Å². The highest BCUT2D eigenvalue weighted by atomic mass is 16.3. The number of H-pyrrole nitrogens is 1. The van der Waals surface area contributed by atoms with Gasteiger partial charge in [-0.15, -0.1) is 0 Å². The Morgan fingerprint density at radius 1 is 1.18 bits per heavy atom. The van der Waals surface area contributed by atoms with Gasteiger partial charge in [0.2, 0.25) is 0 Å². The van der Waals surface area contributed by atoms with Crippen LogP contribution in [-0.2, 0) is 7.05 Å². The Labute approximate surface area is 166 Å². The topological polar surface area (TPSA) is 90.5 Å². The second-order valence-electron chi connectivity index (χ2n) is 8.32. The first kappa shape index (κ1) is 19.5. The molecule has 2 aliphatic heterocycles. The number of anilines is 1. The van der Waals surface area contributed by atoms with Crippen LogP contribution in [0.3, 0.4) is 0 Å². The fraction of sp³-hybridized carbons (Fsp3) is 0.667. The number of nitrogens with two attached hydrogens (primary N) is 1. The lowest BCUT2D eigenvalue weighted by Crippen LogP contribution is -2.41. The van der Waals surface area contributed by atoms with E-state index in [2.05, 4.69) is 20.9 Å². The molecule has 7 nitrogen and oxygen atoms in total.